The van der Waals surface area contributed by atoms with E-state index in [9.17, 15) is 19.4 Å². The summed E-state index contributed by atoms with van der Waals surface area (Å²) in [7, 11) is 1.27. The fraction of sp³-hybridized carbons (Fsp3) is 0.650. The van der Waals surface area contributed by atoms with Crippen molar-refractivity contribution < 1.29 is 32.9 Å². The Morgan fingerprint density at radius 3 is 1.29 bits per heavy atom. The number of nitrogens with one attached hydrogen (secondary N) is 1. The molecule has 0 bridgehead atoms. The minimum Gasteiger partial charge on any atom is -0.756 e. The number of hydrogen-bond donors (Lipinski definition) is 2. The topological polar surface area (TPSA) is 108 Å². The van der Waals surface area contributed by atoms with Crippen LogP contribution in [-0.2, 0) is 18.4 Å². The van der Waals surface area contributed by atoms with Crippen molar-refractivity contribution in [3.05, 3.63) is 122 Å². The molecule has 9 heteroatoms. The Morgan fingerprint density at radius 2 is 0.884 bits per heavy atom. The van der Waals surface area contributed by atoms with Gasteiger partial charge in [-0.2, -0.15) is 0 Å². The number of aliphatic hydroxyl groups excluding tert-OH is 1. The average molecular weight is 979 g/mol. The molecule has 69 heavy (non-hydrogen) atoms. The van der Waals surface area contributed by atoms with Crippen LogP contribution in [0.25, 0.3) is 0 Å². The number of allylic oxidation sites excluding steroid dienone is 20. The molecule has 8 nitrogen and oxygen atoms in total. The Labute approximate surface area is 424 Å². The van der Waals surface area contributed by atoms with Crippen LogP contribution in [0.4, 0.5) is 0 Å². The molecule has 0 aliphatic rings. The number of aliphatic hydroxyl groups is 1. The molecule has 2 N–H and O–H groups in total. The van der Waals surface area contributed by atoms with Gasteiger partial charge in [0.05, 0.1) is 39.9 Å². The highest BCUT2D eigenvalue weighted by Gasteiger charge is 2.24. The molecule has 0 aromatic carbocycles. The number of likely N-dealkylation sites (N-methyl/N-ethyl adjacent to an activating group) is 1. The van der Waals surface area contributed by atoms with Crippen LogP contribution >= 0.6 is 7.82 Å². The molecule has 1 amide bonds. The summed E-state index contributed by atoms with van der Waals surface area (Å²) in [4.78, 5) is 25.4. The first kappa shape index (κ1) is 65.9. The van der Waals surface area contributed by atoms with Gasteiger partial charge in [-0.1, -0.05) is 225 Å². The van der Waals surface area contributed by atoms with Crippen molar-refractivity contribution in [1.82, 2.24) is 5.32 Å². The molecule has 0 aliphatic carbocycles. The fourth-order valence-corrected chi connectivity index (χ4v) is 7.91. The summed E-state index contributed by atoms with van der Waals surface area (Å²) in [5, 5.41) is 13.9. The molecule has 0 spiro atoms. The predicted molar refractivity (Wildman–Crippen MR) is 297 cm³/mol. The third-order valence-electron chi connectivity index (χ3n) is 11.5. The van der Waals surface area contributed by atoms with Crippen LogP contribution in [0.3, 0.4) is 0 Å². The van der Waals surface area contributed by atoms with Crippen LogP contribution in [0.1, 0.15) is 200 Å². The van der Waals surface area contributed by atoms with Crippen molar-refractivity contribution in [2.75, 3.05) is 40.9 Å². The van der Waals surface area contributed by atoms with Crippen molar-refractivity contribution in [3.8, 4) is 0 Å². The summed E-state index contributed by atoms with van der Waals surface area (Å²) < 4.78 is 23.3. The van der Waals surface area contributed by atoms with Crippen molar-refractivity contribution >= 4 is 13.7 Å². The van der Waals surface area contributed by atoms with E-state index in [1.54, 1.807) is 0 Å². The largest absolute Gasteiger partial charge is 0.756 e. The van der Waals surface area contributed by atoms with Gasteiger partial charge in [0, 0.05) is 6.42 Å². The van der Waals surface area contributed by atoms with Crippen molar-refractivity contribution in [3.63, 3.8) is 0 Å². The van der Waals surface area contributed by atoms with E-state index in [4.69, 9.17) is 9.05 Å². The van der Waals surface area contributed by atoms with Gasteiger partial charge < -0.3 is 28.8 Å². The van der Waals surface area contributed by atoms with Gasteiger partial charge in [-0.3, -0.25) is 9.36 Å². The van der Waals surface area contributed by atoms with E-state index >= 15 is 0 Å². The van der Waals surface area contributed by atoms with Crippen LogP contribution in [0.15, 0.2) is 122 Å². The van der Waals surface area contributed by atoms with Crippen LogP contribution in [0.2, 0.25) is 0 Å². The lowest BCUT2D eigenvalue weighted by Gasteiger charge is -2.30. The third-order valence-corrected chi connectivity index (χ3v) is 12.4. The second-order valence-electron chi connectivity index (χ2n) is 19.2. The van der Waals surface area contributed by atoms with Crippen molar-refractivity contribution in [2.24, 2.45) is 0 Å². The molecule has 0 fully saturated rings. The number of carbonyl (C=O) groups is 1. The lowest BCUT2D eigenvalue weighted by Crippen LogP contribution is -2.46. The molecule has 0 aliphatic heterocycles. The second-order valence-corrected chi connectivity index (χ2v) is 20.6. The minimum absolute atomic E-state index is 0.00256. The highest BCUT2D eigenvalue weighted by Crippen LogP contribution is 2.38. The third kappa shape index (κ3) is 52.6. The molecule has 0 saturated heterocycles. The standard InChI is InChI=1S/C60H103N2O6P/c1-6-8-10-12-14-16-18-19-20-21-22-23-24-25-26-27-28-29-30-31-32-33-34-35-36-37-38-39-40-41-42-43-44-46-48-50-52-54-60(64)61-58(57-68-69(65,66)67-56-55-62(3,4)5)59(63)53-51-49-47-45-17-15-13-11-9-7-2/h8,10,14,16,19-20,22-23,25-26,28-29,31-32,34-35,37-38,40-41,58-59,63H,6-7,9,11-13,15,17-18,21,24,27,30,33,36,39,42-57H2,1-5H3,(H-,61,64,65,66)/b10-8-,16-14-,20-19-,23-22-,26-25-,29-28-,32-31-,35-34-,38-37-,41-40-. The number of rotatable bonds is 48. The lowest BCUT2D eigenvalue weighted by atomic mass is 10.0. The van der Waals surface area contributed by atoms with Crippen LogP contribution in [-0.4, -0.2) is 68.5 Å². The molecule has 0 aromatic rings. The summed E-state index contributed by atoms with van der Waals surface area (Å²) >= 11 is 0. The van der Waals surface area contributed by atoms with E-state index in [1.807, 2.05) is 21.1 Å². The van der Waals surface area contributed by atoms with Crippen LogP contribution in [0.5, 0.6) is 0 Å². The first-order valence-electron chi connectivity index (χ1n) is 27.4. The molecule has 0 rings (SSSR count). The van der Waals surface area contributed by atoms with Gasteiger partial charge in [0.25, 0.3) is 7.82 Å². The molecule has 3 atom stereocenters. The van der Waals surface area contributed by atoms with Crippen molar-refractivity contribution in [1.29, 1.82) is 0 Å². The summed E-state index contributed by atoms with van der Waals surface area (Å²) in [5.41, 5.74) is 0. The first-order chi connectivity index (χ1) is 33.5. The quantitative estimate of drug-likeness (QED) is 0.0272. The summed E-state index contributed by atoms with van der Waals surface area (Å²) in [6.45, 7) is 4.55. The Balaban J connectivity index is 4.13. The fourth-order valence-electron chi connectivity index (χ4n) is 7.18. The summed E-state index contributed by atoms with van der Waals surface area (Å²) in [6.07, 6.45) is 73.8. The maximum atomic E-state index is 12.9. The Morgan fingerprint density at radius 1 is 0.522 bits per heavy atom. The number of phosphoric ester groups is 1. The van der Waals surface area contributed by atoms with E-state index in [0.717, 1.165) is 122 Å². The zero-order chi connectivity index (χ0) is 50.6. The molecular formula is C60H103N2O6P. The number of quaternary nitrogens is 1. The molecule has 0 radical (unpaired) electrons. The Kier molecular flexibility index (Phi) is 47.6. The number of amides is 1. The smallest absolute Gasteiger partial charge is 0.268 e. The van der Waals surface area contributed by atoms with Crippen LogP contribution in [0, 0.1) is 0 Å². The number of phosphoric acid groups is 1. The lowest BCUT2D eigenvalue weighted by molar-refractivity contribution is -0.870. The van der Waals surface area contributed by atoms with E-state index in [2.05, 4.69) is 141 Å². The summed E-state index contributed by atoms with van der Waals surface area (Å²) in [5.74, 6) is -0.187. The molecule has 0 saturated carbocycles. The minimum atomic E-state index is -4.58. The number of carbonyl (C=O) groups excluding carboxylic acids is 1. The van der Waals surface area contributed by atoms with Gasteiger partial charge in [0.2, 0.25) is 5.91 Å². The Hall–Kier alpha value is -3.10. The molecule has 0 aromatic heterocycles. The van der Waals surface area contributed by atoms with Gasteiger partial charge in [-0.05, 0) is 89.9 Å². The molecule has 394 valence electrons. The zero-order valence-corrected chi connectivity index (χ0v) is 45.6. The van der Waals surface area contributed by atoms with Gasteiger partial charge >= 0.3 is 0 Å². The van der Waals surface area contributed by atoms with Gasteiger partial charge in [-0.15, -0.1) is 0 Å². The first-order valence-corrected chi connectivity index (χ1v) is 28.8. The highest BCUT2D eigenvalue weighted by atomic mass is 31.2. The number of unbranched alkanes of at least 4 members (excludes halogenated alkanes) is 15. The van der Waals surface area contributed by atoms with Gasteiger partial charge in [-0.25, -0.2) is 0 Å². The second kappa shape index (κ2) is 49.9. The average Bonchev–Trinajstić information content (AvgIpc) is 3.31. The van der Waals surface area contributed by atoms with E-state index in [1.165, 1.54) is 51.4 Å². The maximum Gasteiger partial charge on any atom is 0.268 e. The number of hydrogen-bond acceptors (Lipinski definition) is 6. The zero-order valence-electron chi connectivity index (χ0n) is 44.7. The Bertz CT molecular complexity index is 1530. The SMILES string of the molecule is CC/C=C\C/C=C\C/C=C\C/C=C\C/C=C\C/C=C\C/C=C\C/C=C\C/C=C\C/C=C\CCCCCCCCC(=O)NC(COP(=O)([O-])OCC[N+](C)(C)C)C(O)CCCCCCCCCCCC. The monoisotopic (exact) mass is 979 g/mol. The van der Waals surface area contributed by atoms with E-state index in [-0.39, 0.29) is 19.1 Å². The maximum absolute atomic E-state index is 12.9. The molecular weight excluding hydrogens is 876 g/mol. The normalized spacial score (nSPS) is 14.9. The predicted octanol–water partition coefficient (Wildman–Crippen LogP) is 16.0. The highest BCUT2D eigenvalue weighted by molar-refractivity contribution is 7.45. The molecule has 0 heterocycles. The van der Waals surface area contributed by atoms with E-state index in [0.29, 0.717) is 23.9 Å². The van der Waals surface area contributed by atoms with Gasteiger partial charge in [0.1, 0.15) is 13.2 Å². The van der Waals surface area contributed by atoms with Crippen LogP contribution < -0.4 is 10.2 Å². The molecule has 3 unspecified atom stereocenters. The van der Waals surface area contributed by atoms with Gasteiger partial charge in [0.15, 0.2) is 0 Å². The van der Waals surface area contributed by atoms with E-state index < -0.39 is 20.0 Å². The summed E-state index contributed by atoms with van der Waals surface area (Å²) in [6, 6.07) is -0.815. The van der Waals surface area contributed by atoms with Crippen molar-refractivity contribution in [2.45, 2.75) is 212 Å². The number of nitrogens with zero attached hydrogens (tertiary/aromatic N) is 1.